The molecule has 2 heterocycles. The van der Waals surface area contributed by atoms with Crippen LogP contribution in [0.15, 0.2) is 42.6 Å². The van der Waals surface area contributed by atoms with E-state index in [1.807, 2.05) is 20.8 Å². The Bertz CT molecular complexity index is 1130. The quantitative estimate of drug-likeness (QED) is 0.467. The number of hydrogen-bond donors (Lipinski definition) is 1. The van der Waals surface area contributed by atoms with E-state index < -0.39 is 29.8 Å². The number of alkyl halides is 6. The minimum Gasteiger partial charge on any atom is -0.406 e. The van der Waals surface area contributed by atoms with Crippen LogP contribution in [0.1, 0.15) is 32.8 Å². The zero-order valence-corrected chi connectivity index (χ0v) is 17.2. The third kappa shape index (κ3) is 5.71. The summed E-state index contributed by atoms with van der Waals surface area (Å²) in [6.45, 7) is 5.52. The van der Waals surface area contributed by atoms with Crippen LogP contribution >= 0.6 is 0 Å². The van der Waals surface area contributed by atoms with Crippen LogP contribution in [-0.4, -0.2) is 21.7 Å². The van der Waals surface area contributed by atoms with Crippen LogP contribution in [0, 0.1) is 5.41 Å². The van der Waals surface area contributed by atoms with Gasteiger partial charge in [0.05, 0.1) is 11.3 Å². The summed E-state index contributed by atoms with van der Waals surface area (Å²) in [4.78, 5) is 16.7. The summed E-state index contributed by atoms with van der Waals surface area (Å²) in [5, 5.41) is 2.60. The average molecular weight is 459 g/mol. The topological polar surface area (TPSA) is 55.6 Å². The molecule has 0 saturated heterocycles. The molecule has 3 rings (SSSR count). The molecular weight excluding hydrogens is 440 g/mol. The highest BCUT2D eigenvalue weighted by Crippen LogP contribution is 2.35. The van der Waals surface area contributed by atoms with E-state index in [-0.39, 0.29) is 34.6 Å². The van der Waals surface area contributed by atoms with E-state index in [1.165, 1.54) is 12.1 Å². The van der Waals surface area contributed by atoms with Crippen molar-refractivity contribution >= 4 is 17.4 Å². The van der Waals surface area contributed by atoms with E-state index in [2.05, 4.69) is 15.0 Å². The van der Waals surface area contributed by atoms with Crippen molar-refractivity contribution in [2.75, 3.05) is 5.32 Å². The summed E-state index contributed by atoms with van der Waals surface area (Å²) in [7, 11) is 0. The molecule has 0 radical (unpaired) electrons. The Morgan fingerprint density at radius 1 is 1.00 bits per heavy atom. The third-order valence-electron chi connectivity index (χ3n) is 4.26. The van der Waals surface area contributed by atoms with Crippen LogP contribution in [0.4, 0.5) is 32.2 Å². The minimum atomic E-state index is -4.89. The second-order valence-electron chi connectivity index (χ2n) is 8.31. The molecule has 1 aromatic carbocycles. The maximum atomic E-state index is 13.2. The predicted octanol–water partition coefficient (Wildman–Crippen LogP) is 6.29. The summed E-state index contributed by atoms with van der Waals surface area (Å²) >= 11 is 0. The van der Waals surface area contributed by atoms with E-state index in [1.54, 1.807) is 0 Å². The number of amides is 1. The molecule has 0 fully saturated rings. The first-order valence-corrected chi connectivity index (χ1v) is 9.38. The van der Waals surface area contributed by atoms with Gasteiger partial charge >= 0.3 is 12.5 Å². The van der Waals surface area contributed by atoms with E-state index in [0.29, 0.717) is 0 Å². The zero-order valence-electron chi connectivity index (χ0n) is 17.2. The lowest BCUT2D eigenvalue weighted by Crippen LogP contribution is -2.20. The molecule has 2 aromatic heterocycles. The second-order valence-corrected chi connectivity index (χ2v) is 8.31. The number of hydrogen-bond acceptors (Lipinski definition) is 3. The standard InChI is InChI=1S/C21H19F6N3O2/c1-19(2,3)10-16(31)29-18-17(12-4-7-14(8-5-12)32-21(25,26)27)30-11-13(20(22,23)24)6-9-15(30)28-18/h4-9,11H,10H2,1-3H3,(H,29,31). The van der Waals surface area contributed by atoms with E-state index in [0.717, 1.165) is 34.9 Å². The number of nitrogens with zero attached hydrogens (tertiary/aromatic N) is 2. The number of pyridine rings is 1. The molecule has 1 N–H and O–H groups in total. The number of ether oxygens (including phenoxy) is 1. The normalized spacial score (nSPS) is 12.8. The number of imidazole rings is 1. The van der Waals surface area contributed by atoms with Crippen LogP contribution in [-0.2, 0) is 11.0 Å². The number of fused-ring (bicyclic) bond motifs is 1. The number of rotatable bonds is 4. The lowest BCUT2D eigenvalue weighted by atomic mass is 9.92. The van der Waals surface area contributed by atoms with E-state index >= 15 is 0 Å². The highest BCUT2D eigenvalue weighted by molar-refractivity contribution is 5.94. The molecule has 32 heavy (non-hydrogen) atoms. The van der Waals surface area contributed by atoms with Gasteiger partial charge < -0.3 is 10.1 Å². The fraction of sp³-hybridized carbons (Fsp3) is 0.333. The van der Waals surface area contributed by atoms with Crippen LogP contribution < -0.4 is 10.1 Å². The van der Waals surface area contributed by atoms with Gasteiger partial charge in [-0.3, -0.25) is 9.20 Å². The number of carbonyl (C=O) groups excluding carboxylic acids is 1. The van der Waals surface area contributed by atoms with Crippen molar-refractivity contribution in [3.05, 3.63) is 48.2 Å². The minimum absolute atomic E-state index is 0.0111. The Kier molecular flexibility index (Phi) is 5.88. The monoisotopic (exact) mass is 459 g/mol. The van der Waals surface area contributed by atoms with Gasteiger partial charge in [-0.2, -0.15) is 13.2 Å². The number of aromatic nitrogens is 2. The predicted molar refractivity (Wildman–Crippen MR) is 105 cm³/mol. The fourth-order valence-corrected chi connectivity index (χ4v) is 3.05. The second kappa shape index (κ2) is 8.03. The van der Waals surface area contributed by atoms with Crippen molar-refractivity contribution in [1.29, 1.82) is 0 Å². The summed E-state index contributed by atoms with van der Waals surface area (Å²) in [5.41, 5.74) is -0.865. The van der Waals surface area contributed by atoms with Crippen molar-refractivity contribution in [3.8, 4) is 17.0 Å². The van der Waals surface area contributed by atoms with Gasteiger partial charge in [-0.1, -0.05) is 20.8 Å². The van der Waals surface area contributed by atoms with Crippen LogP contribution in [0.3, 0.4) is 0 Å². The molecular formula is C21H19F6N3O2. The molecule has 0 saturated carbocycles. The molecule has 5 nitrogen and oxygen atoms in total. The van der Waals surface area contributed by atoms with Crippen molar-refractivity contribution in [2.24, 2.45) is 5.41 Å². The maximum absolute atomic E-state index is 13.2. The molecule has 0 spiro atoms. The maximum Gasteiger partial charge on any atom is 0.573 e. The summed E-state index contributed by atoms with van der Waals surface area (Å²) in [5.74, 6) is -0.914. The number of carbonyl (C=O) groups is 1. The van der Waals surface area contributed by atoms with Crippen molar-refractivity contribution < 1.29 is 35.9 Å². The molecule has 0 bridgehead atoms. The molecule has 3 aromatic rings. The van der Waals surface area contributed by atoms with Crippen molar-refractivity contribution in [3.63, 3.8) is 0 Å². The van der Waals surface area contributed by atoms with E-state index in [9.17, 15) is 31.1 Å². The molecule has 0 unspecified atom stereocenters. The number of anilines is 1. The Labute approximate surface area is 179 Å². The van der Waals surface area contributed by atoms with Gasteiger partial charge in [0, 0.05) is 18.2 Å². The lowest BCUT2D eigenvalue weighted by Gasteiger charge is -2.17. The molecule has 0 aliphatic rings. The van der Waals surface area contributed by atoms with Crippen LogP contribution in [0.5, 0.6) is 5.75 Å². The highest BCUT2D eigenvalue weighted by atomic mass is 19.4. The Hall–Kier alpha value is -3.24. The third-order valence-corrected chi connectivity index (χ3v) is 4.26. The van der Waals surface area contributed by atoms with Gasteiger partial charge in [-0.05, 0) is 41.8 Å². The van der Waals surface area contributed by atoms with Crippen LogP contribution in [0.25, 0.3) is 16.9 Å². The van der Waals surface area contributed by atoms with Gasteiger partial charge in [0.1, 0.15) is 11.4 Å². The number of halogens is 6. The Morgan fingerprint density at radius 3 is 2.16 bits per heavy atom. The number of benzene rings is 1. The van der Waals surface area contributed by atoms with Crippen molar-refractivity contribution in [1.82, 2.24) is 9.38 Å². The largest absolute Gasteiger partial charge is 0.573 e. The average Bonchev–Trinajstić information content (AvgIpc) is 2.95. The molecule has 0 atom stereocenters. The van der Waals surface area contributed by atoms with Gasteiger partial charge in [0.15, 0.2) is 5.82 Å². The molecule has 0 aliphatic carbocycles. The number of nitrogens with one attached hydrogen (secondary N) is 1. The summed E-state index contributed by atoms with van der Waals surface area (Å²) in [6, 6.07) is 6.53. The molecule has 1 amide bonds. The first kappa shape index (κ1) is 23.4. The van der Waals surface area contributed by atoms with Gasteiger partial charge in [0.2, 0.25) is 5.91 Å². The smallest absolute Gasteiger partial charge is 0.406 e. The highest BCUT2D eigenvalue weighted by Gasteiger charge is 2.32. The lowest BCUT2D eigenvalue weighted by molar-refractivity contribution is -0.274. The molecule has 11 heteroatoms. The summed E-state index contributed by atoms with van der Waals surface area (Å²) in [6.07, 6.45) is -8.59. The Morgan fingerprint density at radius 2 is 1.62 bits per heavy atom. The first-order valence-electron chi connectivity index (χ1n) is 9.38. The first-order chi connectivity index (χ1) is 14.6. The van der Waals surface area contributed by atoms with Gasteiger partial charge in [-0.25, -0.2) is 4.98 Å². The fourth-order valence-electron chi connectivity index (χ4n) is 3.05. The van der Waals surface area contributed by atoms with Gasteiger partial charge in [-0.15, -0.1) is 13.2 Å². The zero-order chi connectivity index (χ0) is 23.9. The SMILES string of the molecule is CC(C)(C)CC(=O)Nc1nc2ccc(C(F)(F)F)cn2c1-c1ccc(OC(F)(F)F)cc1. The Balaban J connectivity index is 2.10. The van der Waals surface area contributed by atoms with Crippen molar-refractivity contribution in [2.45, 2.75) is 39.7 Å². The summed E-state index contributed by atoms with van der Waals surface area (Å²) < 4.78 is 82.0. The molecule has 0 aliphatic heterocycles. The van der Waals surface area contributed by atoms with Crippen LogP contribution in [0.2, 0.25) is 0 Å². The van der Waals surface area contributed by atoms with E-state index in [4.69, 9.17) is 0 Å². The van der Waals surface area contributed by atoms with Gasteiger partial charge in [0.25, 0.3) is 0 Å². The molecule has 172 valence electrons.